The van der Waals surface area contributed by atoms with Gasteiger partial charge in [-0.15, -0.1) is 0 Å². The standard InChI is InChI=1S/C9H9N3/c1-6-2-9(12)8(5-11)3-7(6)4-10/h2-3,6-7H,12H2,1H3. The van der Waals surface area contributed by atoms with E-state index in [9.17, 15) is 0 Å². The van der Waals surface area contributed by atoms with Crippen LogP contribution in [0.3, 0.4) is 0 Å². The van der Waals surface area contributed by atoms with Gasteiger partial charge in [0.2, 0.25) is 0 Å². The summed E-state index contributed by atoms with van der Waals surface area (Å²) in [5, 5.41) is 17.3. The van der Waals surface area contributed by atoms with E-state index in [1.54, 1.807) is 12.2 Å². The van der Waals surface area contributed by atoms with Gasteiger partial charge >= 0.3 is 0 Å². The third-order valence-corrected chi connectivity index (χ3v) is 1.94. The molecule has 0 saturated heterocycles. The molecule has 0 amide bonds. The molecule has 60 valence electrons. The average Bonchev–Trinajstić information content (AvgIpc) is 2.05. The quantitative estimate of drug-likeness (QED) is 0.574. The number of rotatable bonds is 0. The van der Waals surface area contributed by atoms with Gasteiger partial charge in [0.25, 0.3) is 0 Å². The van der Waals surface area contributed by atoms with Gasteiger partial charge in [0.15, 0.2) is 0 Å². The molecule has 0 saturated carbocycles. The summed E-state index contributed by atoms with van der Waals surface area (Å²) in [5.74, 6) is -0.112. The summed E-state index contributed by atoms with van der Waals surface area (Å²) in [5.41, 5.74) is 6.46. The Morgan fingerprint density at radius 3 is 2.58 bits per heavy atom. The van der Waals surface area contributed by atoms with Crippen molar-refractivity contribution in [3.63, 3.8) is 0 Å². The molecule has 12 heavy (non-hydrogen) atoms. The van der Waals surface area contributed by atoms with Crippen LogP contribution in [0.5, 0.6) is 0 Å². The van der Waals surface area contributed by atoms with Gasteiger partial charge in [-0.05, 0) is 12.0 Å². The normalized spacial score (nSPS) is 27.9. The van der Waals surface area contributed by atoms with Gasteiger partial charge in [0.05, 0.1) is 17.6 Å². The van der Waals surface area contributed by atoms with Crippen LogP contribution in [0.15, 0.2) is 23.4 Å². The number of allylic oxidation sites excluding steroid dienone is 3. The van der Waals surface area contributed by atoms with Gasteiger partial charge in [-0.3, -0.25) is 0 Å². The van der Waals surface area contributed by atoms with E-state index in [0.717, 1.165) is 0 Å². The Morgan fingerprint density at radius 1 is 1.42 bits per heavy atom. The molecule has 2 unspecified atom stereocenters. The maximum atomic E-state index is 8.69. The van der Waals surface area contributed by atoms with Gasteiger partial charge in [-0.2, -0.15) is 10.5 Å². The minimum Gasteiger partial charge on any atom is -0.398 e. The smallest absolute Gasteiger partial charge is 0.101 e. The van der Waals surface area contributed by atoms with Crippen molar-refractivity contribution in [3.8, 4) is 12.1 Å². The zero-order valence-electron chi connectivity index (χ0n) is 6.78. The van der Waals surface area contributed by atoms with Crippen molar-refractivity contribution >= 4 is 0 Å². The lowest BCUT2D eigenvalue weighted by molar-refractivity contribution is 0.607. The van der Waals surface area contributed by atoms with E-state index < -0.39 is 0 Å². The molecule has 1 aliphatic rings. The number of nitriles is 2. The molecule has 0 fully saturated rings. The SMILES string of the molecule is CC1C=C(N)C(C#N)=CC1C#N. The van der Waals surface area contributed by atoms with Crippen LogP contribution in [0.1, 0.15) is 6.92 Å². The molecule has 0 radical (unpaired) electrons. The molecular formula is C9H9N3. The highest BCUT2D eigenvalue weighted by atomic mass is 14.6. The summed E-state index contributed by atoms with van der Waals surface area (Å²) in [7, 11) is 0. The zero-order valence-corrected chi connectivity index (χ0v) is 6.78. The highest BCUT2D eigenvalue weighted by Gasteiger charge is 2.19. The van der Waals surface area contributed by atoms with Crippen molar-refractivity contribution in [3.05, 3.63) is 23.4 Å². The second-order valence-corrected chi connectivity index (χ2v) is 2.83. The molecule has 2 N–H and O–H groups in total. The van der Waals surface area contributed by atoms with E-state index in [2.05, 4.69) is 6.07 Å². The monoisotopic (exact) mass is 159 g/mol. The van der Waals surface area contributed by atoms with Gasteiger partial charge in [0, 0.05) is 5.70 Å². The number of nitrogens with zero attached hydrogens (tertiary/aromatic N) is 2. The molecule has 3 nitrogen and oxygen atoms in total. The number of hydrogen-bond donors (Lipinski definition) is 1. The van der Waals surface area contributed by atoms with E-state index in [4.69, 9.17) is 16.3 Å². The third kappa shape index (κ3) is 1.31. The topological polar surface area (TPSA) is 73.6 Å². The third-order valence-electron chi connectivity index (χ3n) is 1.94. The van der Waals surface area contributed by atoms with Gasteiger partial charge in [-0.1, -0.05) is 13.0 Å². The van der Waals surface area contributed by atoms with Crippen molar-refractivity contribution < 1.29 is 0 Å². The Labute approximate surface area is 71.4 Å². The van der Waals surface area contributed by atoms with Crippen LogP contribution in [0.25, 0.3) is 0 Å². The second-order valence-electron chi connectivity index (χ2n) is 2.83. The summed E-state index contributed by atoms with van der Waals surface area (Å²) >= 11 is 0. The fourth-order valence-corrected chi connectivity index (χ4v) is 1.16. The Morgan fingerprint density at radius 2 is 2.08 bits per heavy atom. The predicted molar refractivity (Wildman–Crippen MR) is 44.2 cm³/mol. The van der Waals surface area contributed by atoms with Crippen molar-refractivity contribution in [2.24, 2.45) is 17.6 Å². The van der Waals surface area contributed by atoms with Crippen LogP contribution in [0, 0.1) is 34.5 Å². The largest absolute Gasteiger partial charge is 0.398 e. The first-order valence-corrected chi connectivity index (χ1v) is 3.68. The molecule has 1 aliphatic carbocycles. The minimum atomic E-state index is -0.216. The van der Waals surface area contributed by atoms with Crippen molar-refractivity contribution in [2.75, 3.05) is 0 Å². The van der Waals surface area contributed by atoms with Crippen LogP contribution in [-0.2, 0) is 0 Å². The molecule has 0 spiro atoms. The molecule has 0 aromatic heterocycles. The van der Waals surface area contributed by atoms with E-state index >= 15 is 0 Å². The summed E-state index contributed by atoms with van der Waals surface area (Å²) in [6.07, 6.45) is 3.38. The molecule has 0 aromatic carbocycles. The van der Waals surface area contributed by atoms with Crippen molar-refractivity contribution in [2.45, 2.75) is 6.92 Å². The highest BCUT2D eigenvalue weighted by Crippen LogP contribution is 2.24. The molecule has 0 aliphatic heterocycles. The Bertz CT molecular complexity index is 325. The van der Waals surface area contributed by atoms with E-state index in [0.29, 0.717) is 11.3 Å². The van der Waals surface area contributed by atoms with Crippen molar-refractivity contribution in [1.29, 1.82) is 10.5 Å². The predicted octanol–water partition coefficient (Wildman–Crippen LogP) is 1.07. The lowest BCUT2D eigenvalue weighted by Crippen LogP contribution is -2.15. The average molecular weight is 159 g/mol. The minimum absolute atomic E-state index is 0.104. The molecule has 0 bridgehead atoms. The first kappa shape index (κ1) is 8.36. The maximum absolute atomic E-state index is 8.69. The van der Waals surface area contributed by atoms with Crippen LogP contribution < -0.4 is 5.73 Å². The summed E-state index contributed by atoms with van der Waals surface area (Å²) in [6.45, 7) is 1.91. The first-order chi connectivity index (χ1) is 5.69. The summed E-state index contributed by atoms with van der Waals surface area (Å²) in [6, 6.07) is 4.07. The Kier molecular flexibility index (Phi) is 2.16. The first-order valence-electron chi connectivity index (χ1n) is 3.68. The van der Waals surface area contributed by atoms with Crippen LogP contribution in [0.2, 0.25) is 0 Å². The molecule has 3 heteroatoms. The Balaban J connectivity index is 3.01. The fraction of sp³-hybridized carbons (Fsp3) is 0.333. The van der Waals surface area contributed by atoms with Crippen molar-refractivity contribution in [1.82, 2.24) is 0 Å². The Hall–Kier alpha value is -1.74. The molecule has 0 aromatic rings. The second kappa shape index (κ2) is 3.11. The molecule has 0 heterocycles. The van der Waals surface area contributed by atoms with Gasteiger partial charge in [-0.25, -0.2) is 0 Å². The maximum Gasteiger partial charge on any atom is 0.101 e. The van der Waals surface area contributed by atoms with Gasteiger partial charge < -0.3 is 5.73 Å². The highest BCUT2D eigenvalue weighted by molar-refractivity contribution is 5.44. The fourth-order valence-electron chi connectivity index (χ4n) is 1.16. The molecule has 1 rings (SSSR count). The van der Waals surface area contributed by atoms with Crippen LogP contribution in [0.4, 0.5) is 0 Å². The lowest BCUT2D eigenvalue weighted by Gasteiger charge is -2.16. The summed E-state index contributed by atoms with van der Waals surface area (Å²) in [4.78, 5) is 0. The lowest BCUT2D eigenvalue weighted by atomic mass is 9.87. The van der Waals surface area contributed by atoms with Gasteiger partial charge in [0.1, 0.15) is 6.07 Å². The van der Waals surface area contributed by atoms with E-state index in [-0.39, 0.29) is 11.8 Å². The zero-order chi connectivity index (χ0) is 9.14. The molecular weight excluding hydrogens is 150 g/mol. The van der Waals surface area contributed by atoms with Crippen LogP contribution in [-0.4, -0.2) is 0 Å². The van der Waals surface area contributed by atoms with E-state index in [1.807, 2.05) is 13.0 Å². The van der Waals surface area contributed by atoms with E-state index in [1.165, 1.54) is 0 Å². The summed E-state index contributed by atoms with van der Waals surface area (Å²) < 4.78 is 0. The molecule has 2 atom stereocenters. The van der Waals surface area contributed by atoms with Crippen LogP contribution >= 0.6 is 0 Å². The number of hydrogen-bond acceptors (Lipinski definition) is 3. The number of nitrogens with two attached hydrogens (primary N) is 1.